The van der Waals surface area contributed by atoms with Crippen molar-refractivity contribution in [2.24, 2.45) is 5.73 Å². The van der Waals surface area contributed by atoms with Crippen molar-refractivity contribution in [1.82, 2.24) is 19.5 Å². The molecule has 2 aliphatic rings. The first-order chi connectivity index (χ1) is 15.8. The van der Waals surface area contributed by atoms with Crippen molar-refractivity contribution in [2.45, 2.75) is 44.4 Å². The number of hydrogen-bond donors (Lipinski definition) is 1. The maximum atomic E-state index is 6.53. The summed E-state index contributed by atoms with van der Waals surface area (Å²) in [5, 5.41) is 0.914. The van der Waals surface area contributed by atoms with Gasteiger partial charge in [0, 0.05) is 43.8 Å². The Kier molecular flexibility index (Phi) is 6.47. The lowest BCUT2D eigenvalue weighted by molar-refractivity contribution is 0.121. The highest BCUT2D eigenvalue weighted by Gasteiger charge is 2.25. The highest BCUT2D eigenvalue weighted by molar-refractivity contribution is 5.86. The molecule has 9 heteroatoms. The third-order valence-electron chi connectivity index (χ3n) is 6.28. The molecule has 3 aromatic rings. The minimum atomic E-state index is 0.134. The maximum Gasteiger partial charge on any atom is 0.225 e. The summed E-state index contributed by atoms with van der Waals surface area (Å²) in [5.41, 5.74) is 7.32. The molecule has 0 bridgehead atoms. The van der Waals surface area contributed by atoms with Crippen LogP contribution in [0.1, 0.15) is 37.3 Å². The molecule has 0 atom stereocenters. The van der Waals surface area contributed by atoms with Crippen LogP contribution in [0.3, 0.4) is 0 Å². The fraction of sp³-hybridized carbons (Fsp3) is 0.522. The number of hydrogen-bond acceptors (Lipinski definition) is 8. The molecule has 4 heterocycles. The molecule has 0 unspecified atom stereocenters. The predicted octanol–water partition coefficient (Wildman–Crippen LogP) is 2.66. The second-order valence-electron chi connectivity index (χ2n) is 8.37. The van der Waals surface area contributed by atoms with E-state index >= 15 is 0 Å². The van der Waals surface area contributed by atoms with Gasteiger partial charge in [-0.05, 0) is 37.3 Å². The van der Waals surface area contributed by atoms with Crippen molar-refractivity contribution < 1.29 is 14.2 Å². The third kappa shape index (κ3) is 4.69. The molecule has 170 valence electrons. The van der Waals surface area contributed by atoms with Crippen LogP contribution in [0.4, 0.5) is 5.82 Å². The van der Waals surface area contributed by atoms with Crippen LogP contribution in [-0.2, 0) is 16.1 Å². The molecule has 0 radical (unpaired) electrons. The minimum absolute atomic E-state index is 0.134. The van der Waals surface area contributed by atoms with E-state index in [-0.39, 0.29) is 12.8 Å². The van der Waals surface area contributed by atoms with Crippen LogP contribution < -0.4 is 15.4 Å². The Bertz CT molecular complexity index is 1010. The molecule has 32 heavy (non-hydrogen) atoms. The Morgan fingerprint density at radius 3 is 2.72 bits per heavy atom. The maximum absolute atomic E-state index is 6.53. The van der Waals surface area contributed by atoms with E-state index in [2.05, 4.69) is 25.5 Å². The molecular weight excluding hydrogens is 408 g/mol. The number of aromatic nitrogens is 4. The van der Waals surface area contributed by atoms with Crippen molar-refractivity contribution in [3.63, 3.8) is 0 Å². The van der Waals surface area contributed by atoms with Crippen molar-refractivity contribution in [1.29, 1.82) is 0 Å². The lowest BCUT2D eigenvalue weighted by atomic mass is 9.93. The molecule has 1 aliphatic carbocycles. The number of fused-ring (bicyclic) bond motifs is 1. The second kappa shape index (κ2) is 9.81. The average Bonchev–Trinajstić information content (AvgIpc) is 3.39. The van der Waals surface area contributed by atoms with E-state index in [1.54, 1.807) is 0 Å². The Labute approximate surface area is 187 Å². The molecule has 0 aromatic carbocycles. The number of morpholine rings is 1. The largest absolute Gasteiger partial charge is 0.474 e. The Morgan fingerprint density at radius 2 is 1.97 bits per heavy atom. The van der Waals surface area contributed by atoms with Gasteiger partial charge in [0.05, 0.1) is 43.8 Å². The number of nitrogens with two attached hydrogens (primary N) is 1. The van der Waals surface area contributed by atoms with Gasteiger partial charge in [-0.15, -0.1) is 0 Å². The zero-order valence-electron chi connectivity index (χ0n) is 18.2. The van der Waals surface area contributed by atoms with E-state index < -0.39 is 0 Å². The zero-order chi connectivity index (χ0) is 21.8. The number of anilines is 1. The monoisotopic (exact) mass is 438 g/mol. The highest BCUT2D eigenvalue weighted by atomic mass is 16.5. The van der Waals surface area contributed by atoms with Crippen LogP contribution >= 0.6 is 0 Å². The number of imidazole rings is 1. The lowest BCUT2D eigenvalue weighted by Crippen LogP contribution is -2.36. The van der Waals surface area contributed by atoms with Crippen molar-refractivity contribution in [3.05, 3.63) is 42.6 Å². The van der Waals surface area contributed by atoms with E-state index in [9.17, 15) is 0 Å². The summed E-state index contributed by atoms with van der Waals surface area (Å²) >= 11 is 0. The van der Waals surface area contributed by atoms with E-state index in [4.69, 9.17) is 24.9 Å². The molecule has 1 saturated carbocycles. The van der Waals surface area contributed by atoms with E-state index in [1.807, 2.05) is 31.0 Å². The van der Waals surface area contributed by atoms with Gasteiger partial charge < -0.3 is 29.4 Å². The Morgan fingerprint density at radius 1 is 1.12 bits per heavy atom. The van der Waals surface area contributed by atoms with Gasteiger partial charge >= 0.3 is 0 Å². The topological polar surface area (TPSA) is 101 Å². The summed E-state index contributed by atoms with van der Waals surface area (Å²) in [7, 11) is 0. The van der Waals surface area contributed by atoms with Gasteiger partial charge in [-0.25, -0.2) is 4.98 Å². The van der Waals surface area contributed by atoms with Crippen molar-refractivity contribution in [3.8, 4) is 5.88 Å². The van der Waals surface area contributed by atoms with Crippen LogP contribution in [0.5, 0.6) is 5.88 Å². The summed E-state index contributed by atoms with van der Waals surface area (Å²) in [4.78, 5) is 16.0. The van der Waals surface area contributed by atoms with E-state index in [0.29, 0.717) is 31.7 Å². The number of ether oxygens (including phenoxy) is 3. The lowest BCUT2D eigenvalue weighted by Gasteiger charge is -2.31. The smallest absolute Gasteiger partial charge is 0.225 e. The molecule has 2 fully saturated rings. The van der Waals surface area contributed by atoms with Crippen LogP contribution in [0.25, 0.3) is 10.9 Å². The Balaban J connectivity index is 1.39. The minimum Gasteiger partial charge on any atom is -0.474 e. The van der Waals surface area contributed by atoms with Gasteiger partial charge in [-0.2, -0.15) is 4.98 Å². The van der Waals surface area contributed by atoms with Gasteiger partial charge in [0.15, 0.2) is 0 Å². The number of rotatable bonds is 7. The number of pyridine rings is 2. The molecule has 2 N–H and O–H groups in total. The summed E-state index contributed by atoms with van der Waals surface area (Å²) in [5.74, 6) is 1.54. The zero-order valence-corrected chi connectivity index (χ0v) is 18.2. The van der Waals surface area contributed by atoms with Crippen LogP contribution in [0.15, 0.2) is 37.1 Å². The standard InChI is InChI=1S/C23H30N6O3/c24-15-31-14-17-11-20-21(26-13-17)12-22(28-7-9-30-10-8-28)27-23(20)32-19-3-1-18(2-4-19)29-6-5-25-16-29/h5-6,11-13,16,18-19H,1-4,7-10,14-15,24H2. The van der Waals surface area contributed by atoms with Crippen LogP contribution in [-0.4, -0.2) is 58.7 Å². The predicted molar refractivity (Wildman–Crippen MR) is 121 cm³/mol. The fourth-order valence-electron chi connectivity index (χ4n) is 4.53. The molecule has 9 nitrogen and oxygen atoms in total. The van der Waals surface area contributed by atoms with E-state index in [1.165, 1.54) is 0 Å². The van der Waals surface area contributed by atoms with Gasteiger partial charge in [0.2, 0.25) is 5.88 Å². The average molecular weight is 439 g/mol. The molecular formula is C23H30N6O3. The highest BCUT2D eigenvalue weighted by Crippen LogP contribution is 2.34. The summed E-state index contributed by atoms with van der Waals surface area (Å²) in [6.45, 7) is 3.64. The van der Waals surface area contributed by atoms with Crippen molar-refractivity contribution >= 4 is 16.7 Å². The van der Waals surface area contributed by atoms with E-state index in [0.717, 1.165) is 61.1 Å². The summed E-state index contributed by atoms with van der Waals surface area (Å²) in [6.07, 6.45) is 11.9. The summed E-state index contributed by atoms with van der Waals surface area (Å²) < 4.78 is 19.6. The first-order valence-corrected chi connectivity index (χ1v) is 11.3. The first kappa shape index (κ1) is 21.1. The summed E-state index contributed by atoms with van der Waals surface area (Å²) in [6, 6.07) is 4.58. The van der Waals surface area contributed by atoms with Crippen molar-refractivity contribution in [2.75, 3.05) is 37.9 Å². The molecule has 1 aliphatic heterocycles. The molecule has 3 aromatic heterocycles. The quantitative estimate of drug-likeness (QED) is 0.562. The molecule has 1 saturated heterocycles. The molecule has 5 rings (SSSR count). The van der Waals surface area contributed by atoms with Gasteiger partial charge in [-0.1, -0.05) is 0 Å². The normalized spacial score (nSPS) is 21.7. The fourth-order valence-corrected chi connectivity index (χ4v) is 4.53. The van der Waals surface area contributed by atoms with Gasteiger partial charge in [0.25, 0.3) is 0 Å². The van der Waals surface area contributed by atoms with Crippen LogP contribution in [0.2, 0.25) is 0 Å². The van der Waals surface area contributed by atoms with Crippen LogP contribution in [0, 0.1) is 0 Å². The third-order valence-corrected chi connectivity index (χ3v) is 6.28. The first-order valence-electron chi connectivity index (χ1n) is 11.3. The van der Waals surface area contributed by atoms with Gasteiger partial charge in [0.1, 0.15) is 11.9 Å². The Hall–Kier alpha value is -2.75. The SMILES string of the molecule is NCOCc1cnc2cc(N3CCOCC3)nc(OC3CCC(n4ccnc4)CC3)c2c1. The van der Waals surface area contributed by atoms with Gasteiger partial charge in [-0.3, -0.25) is 4.98 Å². The molecule has 0 spiro atoms. The second-order valence-corrected chi connectivity index (χ2v) is 8.37. The number of nitrogens with zero attached hydrogens (tertiary/aromatic N) is 5. The molecule has 0 amide bonds.